The number of carbonyl (C=O) groups excluding carboxylic acids is 2. The first kappa shape index (κ1) is 19.2. The van der Waals surface area contributed by atoms with Crippen molar-refractivity contribution in [3.05, 3.63) is 42.0 Å². The van der Waals surface area contributed by atoms with Gasteiger partial charge in [0, 0.05) is 37.6 Å². The van der Waals surface area contributed by atoms with E-state index in [0.29, 0.717) is 12.2 Å². The Morgan fingerprint density at radius 2 is 1.74 bits per heavy atom. The Bertz CT molecular complexity index is 527. The first-order chi connectivity index (χ1) is 11.0. The van der Waals surface area contributed by atoms with Crippen molar-refractivity contribution in [2.45, 2.75) is 11.4 Å². The van der Waals surface area contributed by atoms with Gasteiger partial charge in [0.05, 0.1) is 11.9 Å². The summed E-state index contributed by atoms with van der Waals surface area (Å²) < 4.78 is 0. The van der Waals surface area contributed by atoms with Crippen molar-refractivity contribution < 1.29 is 19.8 Å². The maximum absolute atomic E-state index is 9.41. The van der Waals surface area contributed by atoms with Crippen LogP contribution in [0.15, 0.2) is 41.3 Å². The number of hydrogen-bond donors (Lipinski definition) is 1. The Labute approximate surface area is 140 Å². The van der Waals surface area contributed by atoms with Gasteiger partial charge in [-0.15, -0.1) is 11.8 Å². The summed E-state index contributed by atoms with van der Waals surface area (Å²) in [5.74, 6) is -3.09. The third-order valence-electron chi connectivity index (χ3n) is 3.15. The molecule has 1 aliphatic heterocycles. The van der Waals surface area contributed by atoms with Crippen LogP contribution in [0.1, 0.15) is 5.56 Å². The second-order valence-electron chi connectivity index (χ2n) is 4.81. The number of piperazine rings is 1. The molecule has 0 radical (unpaired) electrons. The maximum Gasteiger partial charge on any atom is 0.0643 e. The molecule has 1 aromatic carbocycles. The number of carbonyl (C=O) groups is 2. The van der Waals surface area contributed by atoms with Crippen LogP contribution in [0.5, 0.6) is 0 Å². The number of nitrogens with one attached hydrogen (secondary N) is 1. The summed E-state index contributed by atoms with van der Waals surface area (Å²) in [7, 11) is 0. The zero-order valence-corrected chi connectivity index (χ0v) is 13.8. The number of rotatable bonds is 5. The van der Waals surface area contributed by atoms with Gasteiger partial charge in [0.15, 0.2) is 0 Å². The van der Waals surface area contributed by atoms with Gasteiger partial charge in [-0.2, -0.15) is 0 Å². The molecule has 0 aliphatic carbocycles. The first-order valence-electron chi connectivity index (χ1n) is 7.18. The predicted molar refractivity (Wildman–Crippen MR) is 85.5 cm³/mol. The molecule has 0 unspecified atom stereocenters. The van der Waals surface area contributed by atoms with Gasteiger partial charge < -0.3 is 25.1 Å². The molecule has 1 aliphatic rings. The molecule has 1 saturated heterocycles. The van der Waals surface area contributed by atoms with Gasteiger partial charge in [-0.05, 0) is 30.0 Å². The molecule has 6 nitrogen and oxygen atoms in total. The highest BCUT2D eigenvalue weighted by Crippen LogP contribution is 2.21. The molecule has 2 rings (SSSR count). The van der Waals surface area contributed by atoms with Gasteiger partial charge in [-0.1, -0.05) is 18.2 Å². The molecule has 1 aromatic rings. The van der Waals surface area contributed by atoms with Crippen LogP contribution in [-0.4, -0.2) is 49.3 Å². The second-order valence-corrected chi connectivity index (χ2v) is 5.66. The molecule has 23 heavy (non-hydrogen) atoms. The monoisotopic (exact) mass is 336 g/mol. The van der Waals surface area contributed by atoms with Gasteiger partial charge in [0.2, 0.25) is 0 Å². The number of carboxylic acid groups (broad SMARTS) is 2. The van der Waals surface area contributed by atoms with Crippen molar-refractivity contribution in [1.29, 1.82) is 0 Å². The Morgan fingerprint density at radius 3 is 2.26 bits per heavy atom. The molecule has 1 fully saturated rings. The van der Waals surface area contributed by atoms with Gasteiger partial charge in [-0.3, -0.25) is 4.90 Å². The fourth-order valence-electron chi connectivity index (χ4n) is 2.08. The van der Waals surface area contributed by atoms with E-state index in [-0.39, 0.29) is 0 Å². The Balaban J connectivity index is 0.000000284. The fourth-order valence-corrected chi connectivity index (χ4v) is 2.69. The summed E-state index contributed by atoms with van der Waals surface area (Å²) in [6.07, 6.45) is 2.92. The molecule has 0 atom stereocenters. The zero-order valence-electron chi connectivity index (χ0n) is 13.0. The SMILES string of the molecule is CSc1ccccc1CN1CCNCC1.O=C([O-])/C=C\C(=O)[O-]. The van der Waals surface area contributed by atoms with E-state index in [1.54, 1.807) is 0 Å². The lowest BCUT2D eigenvalue weighted by Gasteiger charge is -2.27. The van der Waals surface area contributed by atoms with E-state index < -0.39 is 11.9 Å². The third-order valence-corrected chi connectivity index (χ3v) is 3.99. The molecule has 0 aromatic heterocycles. The van der Waals surface area contributed by atoms with Crippen molar-refractivity contribution in [3.8, 4) is 0 Å². The molecular formula is C16H20N2O4S-2. The lowest BCUT2D eigenvalue weighted by Crippen LogP contribution is -2.42. The highest BCUT2D eigenvalue weighted by molar-refractivity contribution is 7.98. The Hall–Kier alpha value is -1.83. The van der Waals surface area contributed by atoms with Crippen LogP contribution in [0.25, 0.3) is 0 Å². The molecular weight excluding hydrogens is 316 g/mol. The quantitative estimate of drug-likeness (QED) is 0.536. The minimum absolute atomic E-state index is 0.384. The number of hydrogen-bond acceptors (Lipinski definition) is 7. The Kier molecular flexibility index (Phi) is 9.04. The van der Waals surface area contributed by atoms with E-state index in [2.05, 4.69) is 40.7 Å². The number of aliphatic carboxylic acids is 2. The van der Waals surface area contributed by atoms with Crippen LogP contribution in [0.3, 0.4) is 0 Å². The van der Waals surface area contributed by atoms with Gasteiger partial charge >= 0.3 is 0 Å². The normalized spacial score (nSPS) is 15.0. The molecule has 0 spiro atoms. The van der Waals surface area contributed by atoms with Gasteiger partial charge in [0.1, 0.15) is 0 Å². The molecule has 0 bridgehead atoms. The molecule has 1 N–H and O–H groups in total. The number of nitrogens with zero attached hydrogens (tertiary/aromatic N) is 1. The summed E-state index contributed by atoms with van der Waals surface area (Å²) in [6, 6.07) is 8.71. The summed E-state index contributed by atoms with van der Waals surface area (Å²) in [5.41, 5.74) is 1.46. The molecule has 0 saturated carbocycles. The summed E-state index contributed by atoms with van der Waals surface area (Å²) in [6.45, 7) is 5.69. The zero-order chi connectivity index (χ0) is 17.1. The second kappa shape index (κ2) is 10.8. The van der Waals surface area contributed by atoms with Crippen LogP contribution in [-0.2, 0) is 16.1 Å². The van der Waals surface area contributed by atoms with Crippen molar-refractivity contribution in [3.63, 3.8) is 0 Å². The average molecular weight is 336 g/mol. The number of carboxylic acids is 2. The summed E-state index contributed by atoms with van der Waals surface area (Å²) in [5, 5.41) is 22.2. The van der Waals surface area contributed by atoms with Crippen molar-refractivity contribution in [1.82, 2.24) is 10.2 Å². The first-order valence-corrected chi connectivity index (χ1v) is 8.40. The molecule has 126 valence electrons. The number of benzene rings is 1. The molecule has 0 amide bonds. The van der Waals surface area contributed by atoms with Crippen molar-refractivity contribution in [2.75, 3.05) is 32.4 Å². The summed E-state index contributed by atoms with van der Waals surface area (Å²) in [4.78, 5) is 22.8. The van der Waals surface area contributed by atoms with E-state index in [1.807, 2.05) is 11.8 Å². The van der Waals surface area contributed by atoms with Crippen LogP contribution >= 0.6 is 11.8 Å². The van der Waals surface area contributed by atoms with Crippen molar-refractivity contribution in [2.24, 2.45) is 0 Å². The summed E-state index contributed by atoms with van der Waals surface area (Å²) >= 11 is 1.84. The highest BCUT2D eigenvalue weighted by Gasteiger charge is 2.11. The van der Waals surface area contributed by atoms with Crippen LogP contribution in [0.4, 0.5) is 0 Å². The van der Waals surface area contributed by atoms with Crippen LogP contribution < -0.4 is 15.5 Å². The van der Waals surface area contributed by atoms with Crippen LogP contribution in [0, 0.1) is 0 Å². The van der Waals surface area contributed by atoms with Gasteiger partial charge in [0.25, 0.3) is 0 Å². The molecule has 1 heterocycles. The van der Waals surface area contributed by atoms with Crippen molar-refractivity contribution >= 4 is 23.7 Å². The minimum atomic E-state index is -1.55. The van der Waals surface area contributed by atoms with E-state index in [1.165, 1.54) is 23.5 Å². The molecule has 7 heteroatoms. The third kappa shape index (κ3) is 8.39. The van der Waals surface area contributed by atoms with E-state index in [9.17, 15) is 19.8 Å². The van der Waals surface area contributed by atoms with E-state index in [0.717, 1.165) is 19.6 Å². The maximum atomic E-state index is 9.41. The van der Waals surface area contributed by atoms with E-state index in [4.69, 9.17) is 0 Å². The lowest BCUT2D eigenvalue weighted by atomic mass is 10.2. The van der Waals surface area contributed by atoms with Gasteiger partial charge in [-0.25, -0.2) is 0 Å². The number of thioether (sulfide) groups is 1. The van der Waals surface area contributed by atoms with E-state index >= 15 is 0 Å². The minimum Gasteiger partial charge on any atom is -0.545 e. The standard InChI is InChI=1S/C12H18N2S.C4H4O4/c1-15-12-5-3-2-4-11(12)10-14-8-6-13-7-9-14;5-3(6)1-2-4(7)8/h2-5,13H,6-10H2,1H3;1-2H,(H,5,6)(H,7,8)/p-2/b;2-1-. The van der Waals surface area contributed by atoms with Crippen LogP contribution in [0.2, 0.25) is 0 Å². The average Bonchev–Trinajstić information content (AvgIpc) is 2.55. The largest absolute Gasteiger partial charge is 0.545 e. The Morgan fingerprint density at radius 1 is 1.17 bits per heavy atom. The fraction of sp³-hybridized carbons (Fsp3) is 0.375. The predicted octanol–water partition coefficient (Wildman–Crippen LogP) is -1.14. The topological polar surface area (TPSA) is 95.5 Å². The smallest absolute Gasteiger partial charge is 0.0643 e. The lowest BCUT2D eigenvalue weighted by molar-refractivity contribution is -0.301. The highest BCUT2D eigenvalue weighted by atomic mass is 32.2.